The molecule has 4 rings (SSSR count). The Hall–Kier alpha value is -3.50. The number of hydrogen-bond donors (Lipinski definition) is 2. The summed E-state index contributed by atoms with van der Waals surface area (Å²) in [5.41, 5.74) is 4.28. The van der Waals surface area contributed by atoms with Crippen LogP contribution in [0.2, 0.25) is 0 Å². The molecule has 0 radical (unpaired) electrons. The van der Waals surface area contributed by atoms with Gasteiger partial charge < -0.3 is 15.0 Å². The highest BCUT2D eigenvalue weighted by atomic mass is 32.2. The van der Waals surface area contributed by atoms with Gasteiger partial charge in [0.25, 0.3) is 0 Å². The van der Waals surface area contributed by atoms with Crippen molar-refractivity contribution in [3.05, 3.63) is 65.9 Å². The van der Waals surface area contributed by atoms with E-state index in [1.54, 1.807) is 18.9 Å². The van der Waals surface area contributed by atoms with Gasteiger partial charge in [0.05, 0.1) is 12.8 Å². The molecule has 4 aromatic rings. The third kappa shape index (κ3) is 4.71. The number of anilines is 1. The van der Waals surface area contributed by atoms with Crippen LogP contribution in [-0.4, -0.2) is 33.9 Å². The van der Waals surface area contributed by atoms with Gasteiger partial charge >= 0.3 is 0 Å². The second kappa shape index (κ2) is 9.75. The van der Waals surface area contributed by atoms with Crippen molar-refractivity contribution in [2.45, 2.75) is 30.7 Å². The van der Waals surface area contributed by atoms with E-state index < -0.39 is 0 Å². The number of benzene rings is 2. The van der Waals surface area contributed by atoms with E-state index in [-0.39, 0.29) is 0 Å². The molecule has 0 aliphatic heterocycles. The molecule has 0 unspecified atom stereocenters. The van der Waals surface area contributed by atoms with E-state index >= 15 is 0 Å². The average Bonchev–Trinajstić information content (AvgIpc) is 3.21. The number of aromatic amines is 1. The Morgan fingerprint density at radius 3 is 2.62 bits per heavy atom. The summed E-state index contributed by atoms with van der Waals surface area (Å²) in [6.45, 7) is 4.86. The molecule has 2 aromatic heterocycles. The predicted octanol–water partition coefficient (Wildman–Crippen LogP) is 5.66. The SMILES string of the molecule is COc1ccc(-c2nc(SC(C)C)nc(NCCc3c[nH]c4ccccc34)c2C#N)cc1. The molecule has 0 aliphatic carbocycles. The average molecular weight is 444 g/mol. The number of nitrogens with one attached hydrogen (secondary N) is 2. The number of nitrogens with zero attached hydrogens (tertiary/aromatic N) is 3. The molecule has 0 fully saturated rings. The summed E-state index contributed by atoms with van der Waals surface area (Å²) < 4.78 is 5.26. The van der Waals surface area contributed by atoms with Gasteiger partial charge in [-0.05, 0) is 42.3 Å². The fraction of sp³-hybridized carbons (Fsp3) is 0.240. The summed E-state index contributed by atoms with van der Waals surface area (Å²) in [6.07, 6.45) is 2.85. The Morgan fingerprint density at radius 1 is 1.12 bits per heavy atom. The van der Waals surface area contributed by atoms with Crippen molar-refractivity contribution in [2.75, 3.05) is 19.0 Å². The monoisotopic (exact) mass is 443 g/mol. The Balaban J connectivity index is 1.64. The van der Waals surface area contributed by atoms with E-state index in [0.717, 1.165) is 23.3 Å². The van der Waals surface area contributed by atoms with Crippen LogP contribution in [0.1, 0.15) is 25.0 Å². The minimum atomic E-state index is 0.325. The zero-order valence-corrected chi connectivity index (χ0v) is 19.2. The predicted molar refractivity (Wildman–Crippen MR) is 130 cm³/mol. The molecule has 0 saturated heterocycles. The first-order valence-electron chi connectivity index (χ1n) is 10.5. The number of aromatic nitrogens is 3. The lowest BCUT2D eigenvalue weighted by Gasteiger charge is -2.14. The molecule has 162 valence electrons. The first-order chi connectivity index (χ1) is 15.6. The van der Waals surface area contributed by atoms with Crippen LogP contribution in [0.4, 0.5) is 5.82 Å². The number of H-pyrrole nitrogens is 1. The van der Waals surface area contributed by atoms with Crippen molar-refractivity contribution in [3.8, 4) is 23.1 Å². The molecule has 32 heavy (non-hydrogen) atoms. The van der Waals surface area contributed by atoms with E-state index in [1.165, 1.54) is 10.9 Å². The van der Waals surface area contributed by atoms with Crippen molar-refractivity contribution < 1.29 is 4.74 Å². The lowest BCUT2D eigenvalue weighted by atomic mass is 10.1. The second-order valence-corrected chi connectivity index (χ2v) is 9.17. The Kier molecular flexibility index (Phi) is 6.62. The zero-order valence-electron chi connectivity index (χ0n) is 18.3. The first-order valence-corrected chi connectivity index (χ1v) is 11.4. The molecule has 0 saturated carbocycles. The fourth-order valence-corrected chi connectivity index (χ4v) is 4.26. The van der Waals surface area contributed by atoms with Gasteiger partial charge in [-0.15, -0.1) is 0 Å². The van der Waals surface area contributed by atoms with Gasteiger partial charge in [0.2, 0.25) is 0 Å². The van der Waals surface area contributed by atoms with E-state index in [0.29, 0.717) is 34.0 Å². The van der Waals surface area contributed by atoms with E-state index in [1.807, 2.05) is 42.6 Å². The number of para-hydroxylation sites is 1. The number of nitriles is 1. The molecule has 2 heterocycles. The van der Waals surface area contributed by atoms with Crippen molar-refractivity contribution in [1.29, 1.82) is 5.26 Å². The quantitative estimate of drug-likeness (QED) is 0.270. The van der Waals surface area contributed by atoms with Crippen LogP contribution in [0.25, 0.3) is 22.2 Å². The smallest absolute Gasteiger partial charge is 0.190 e. The topological polar surface area (TPSA) is 86.6 Å². The van der Waals surface area contributed by atoms with Crippen LogP contribution in [-0.2, 0) is 6.42 Å². The maximum Gasteiger partial charge on any atom is 0.190 e. The molecular weight excluding hydrogens is 418 g/mol. The first kappa shape index (κ1) is 21.7. The number of fused-ring (bicyclic) bond motifs is 1. The molecule has 0 bridgehead atoms. The van der Waals surface area contributed by atoms with Gasteiger partial charge in [0, 0.05) is 34.5 Å². The van der Waals surface area contributed by atoms with Gasteiger partial charge in [-0.25, -0.2) is 9.97 Å². The highest BCUT2D eigenvalue weighted by molar-refractivity contribution is 7.99. The second-order valence-electron chi connectivity index (χ2n) is 7.62. The van der Waals surface area contributed by atoms with Gasteiger partial charge in [-0.3, -0.25) is 0 Å². The molecule has 0 aliphatic rings. The van der Waals surface area contributed by atoms with Gasteiger partial charge in [0.1, 0.15) is 23.2 Å². The third-order valence-corrected chi connectivity index (χ3v) is 5.93. The van der Waals surface area contributed by atoms with Gasteiger partial charge in [-0.1, -0.05) is 43.8 Å². The minimum Gasteiger partial charge on any atom is -0.497 e. The summed E-state index contributed by atoms with van der Waals surface area (Å²) in [5, 5.41) is 15.5. The van der Waals surface area contributed by atoms with Crippen molar-refractivity contribution in [3.63, 3.8) is 0 Å². The van der Waals surface area contributed by atoms with Gasteiger partial charge in [0.15, 0.2) is 5.16 Å². The number of rotatable bonds is 8. The molecule has 7 heteroatoms. The van der Waals surface area contributed by atoms with Crippen LogP contribution < -0.4 is 10.1 Å². The van der Waals surface area contributed by atoms with E-state index in [4.69, 9.17) is 9.72 Å². The summed E-state index contributed by atoms with van der Waals surface area (Å²) in [7, 11) is 1.63. The molecule has 2 aromatic carbocycles. The molecule has 0 amide bonds. The van der Waals surface area contributed by atoms with Crippen LogP contribution in [0.15, 0.2) is 59.9 Å². The van der Waals surface area contributed by atoms with Crippen LogP contribution in [0, 0.1) is 11.3 Å². The molecule has 0 spiro atoms. The largest absolute Gasteiger partial charge is 0.497 e. The van der Waals surface area contributed by atoms with Crippen molar-refractivity contribution in [2.24, 2.45) is 0 Å². The number of hydrogen-bond acceptors (Lipinski definition) is 6. The Morgan fingerprint density at radius 2 is 1.91 bits per heavy atom. The maximum absolute atomic E-state index is 9.95. The molecular formula is C25H25N5OS. The number of methoxy groups -OCH3 is 1. The zero-order chi connectivity index (χ0) is 22.5. The molecule has 0 atom stereocenters. The van der Waals surface area contributed by atoms with Crippen molar-refractivity contribution in [1.82, 2.24) is 15.0 Å². The number of ether oxygens (including phenoxy) is 1. The fourth-order valence-electron chi connectivity index (χ4n) is 3.55. The maximum atomic E-state index is 9.95. The lowest BCUT2D eigenvalue weighted by Crippen LogP contribution is -2.10. The standard InChI is InChI=1S/C25H25N5OS/c1-16(2)32-25-29-23(17-8-10-19(31-3)11-9-17)21(14-26)24(30-25)27-13-12-18-15-28-22-7-5-4-6-20(18)22/h4-11,15-16,28H,12-13H2,1-3H3,(H,27,29,30). The Labute approximate surface area is 192 Å². The third-order valence-electron chi connectivity index (χ3n) is 5.07. The summed E-state index contributed by atoms with van der Waals surface area (Å²) >= 11 is 1.58. The lowest BCUT2D eigenvalue weighted by molar-refractivity contribution is 0.415. The van der Waals surface area contributed by atoms with Crippen LogP contribution >= 0.6 is 11.8 Å². The van der Waals surface area contributed by atoms with E-state index in [9.17, 15) is 5.26 Å². The molecule has 6 nitrogen and oxygen atoms in total. The van der Waals surface area contributed by atoms with Crippen LogP contribution in [0.3, 0.4) is 0 Å². The summed E-state index contributed by atoms with van der Waals surface area (Å²) in [4.78, 5) is 12.7. The number of thioether (sulfide) groups is 1. The van der Waals surface area contributed by atoms with Crippen LogP contribution in [0.5, 0.6) is 5.75 Å². The Bertz CT molecular complexity index is 1260. The highest BCUT2D eigenvalue weighted by Gasteiger charge is 2.17. The highest BCUT2D eigenvalue weighted by Crippen LogP contribution is 2.31. The normalized spacial score (nSPS) is 11.0. The van der Waals surface area contributed by atoms with Crippen molar-refractivity contribution >= 4 is 28.5 Å². The minimum absolute atomic E-state index is 0.325. The van der Waals surface area contributed by atoms with Gasteiger partial charge in [-0.2, -0.15) is 5.26 Å². The van der Waals surface area contributed by atoms with E-state index in [2.05, 4.69) is 47.3 Å². The molecule has 2 N–H and O–H groups in total. The summed E-state index contributed by atoms with van der Waals surface area (Å²) in [5.74, 6) is 1.33. The summed E-state index contributed by atoms with van der Waals surface area (Å²) in [6, 6.07) is 18.1.